The fourth-order valence-electron chi connectivity index (χ4n) is 1.21. The Hall–Kier alpha value is -1.92. The highest BCUT2D eigenvalue weighted by Crippen LogP contribution is 2.18. The lowest BCUT2D eigenvalue weighted by molar-refractivity contribution is 0.429. The number of rotatable bonds is 2. The Labute approximate surface area is 92.8 Å². The van der Waals surface area contributed by atoms with Crippen LogP contribution < -0.4 is 11.5 Å². The molecule has 1 aromatic heterocycles. The van der Waals surface area contributed by atoms with Crippen molar-refractivity contribution in [3.05, 3.63) is 36.7 Å². The Balaban J connectivity index is 2.18. The zero-order valence-corrected chi connectivity index (χ0v) is 8.56. The van der Waals surface area contributed by atoms with Gasteiger partial charge in [-0.3, -0.25) is 15.7 Å². The molecule has 2 heterocycles. The summed E-state index contributed by atoms with van der Waals surface area (Å²) in [4.78, 5) is 7.88. The largest absolute Gasteiger partial charge is 0.306 e. The predicted molar refractivity (Wildman–Crippen MR) is 61.3 cm³/mol. The van der Waals surface area contributed by atoms with Crippen molar-refractivity contribution in [2.45, 2.75) is 11.8 Å². The molecule has 2 unspecified atom stereocenters. The second kappa shape index (κ2) is 4.30. The van der Waals surface area contributed by atoms with Crippen LogP contribution >= 0.6 is 0 Å². The van der Waals surface area contributed by atoms with Crippen molar-refractivity contribution in [1.29, 1.82) is 0 Å². The van der Waals surface area contributed by atoms with E-state index in [1.165, 1.54) is 0 Å². The first-order valence-electron chi connectivity index (χ1n) is 4.79. The van der Waals surface area contributed by atoms with Gasteiger partial charge in [0.1, 0.15) is 11.9 Å². The first-order chi connectivity index (χ1) is 7.71. The third kappa shape index (κ3) is 2.18. The van der Waals surface area contributed by atoms with Gasteiger partial charge in [0.25, 0.3) is 0 Å². The van der Waals surface area contributed by atoms with Gasteiger partial charge in [-0.15, -0.1) is 0 Å². The van der Waals surface area contributed by atoms with Crippen molar-refractivity contribution >= 4 is 11.9 Å². The Kier molecular flexibility index (Phi) is 2.84. The lowest BCUT2D eigenvalue weighted by Crippen LogP contribution is -2.52. The Morgan fingerprint density at radius 2 is 2.31 bits per heavy atom. The first-order valence-corrected chi connectivity index (χ1v) is 4.79. The number of hydrogen-bond donors (Lipinski definition) is 2. The molecule has 0 saturated heterocycles. The van der Waals surface area contributed by atoms with E-state index in [0.717, 1.165) is 0 Å². The molecule has 82 valence electrons. The molecule has 0 aromatic carbocycles. The molecule has 16 heavy (non-hydrogen) atoms. The lowest BCUT2D eigenvalue weighted by atomic mass is 10.1. The van der Waals surface area contributed by atoms with Gasteiger partial charge in [0, 0.05) is 12.4 Å². The number of nitrogens with zero attached hydrogens (tertiary/aromatic N) is 4. The van der Waals surface area contributed by atoms with Gasteiger partial charge >= 0.3 is 0 Å². The van der Waals surface area contributed by atoms with Crippen LogP contribution in [0.4, 0.5) is 5.69 Å². The number of aromatic nitrogens is 1. The average Bonchev–Trinajstić information content (AvgIpc) is 2.32. The fraction of sp³-hybridized carbons (Fsp3) is 0.200. The maximum Gasteiger partial charge on any atom is 0.184 e. The van der Waals surface area contributed by atoms with Crippen LogP contribution in [0.5, 0.6) is 0 Å². The van der Waals surface area contributed by atoms with Crippen molar-refractivity contribution in [2.75, 3.05) is 0 Å². The number of allylic oxidation sites excluding steroid dienone is 1. The topological polar surface area (TPSA) is 102 Å². The minimum absolute atomic E-state index is 0.613. The summed E-state index contributed by atoms with van der Waals surface area (Å²) in [5.74, 6) is 0. The van der Waals surface area contributed by atoms with Gasteiger partial charge in [0.05, 0.1) is 6.20 Å². The molecule has 0 bridgehead atoms. The van der Waals surface area contributed by atoms with Crippen LogP contribution in [0.25, 0.3) is 0 Å². The monoisotopic (exact) mass is 216 g/mol. The van der Waals surface area contributed by atoms with E-state index in [1.807, 2.05) is 0 Å². The maximum absolute atomic E-state index is 5.94. The molecule has 0 aliphatic carbocycles. The summed E-state index contributed by atoms with van der Waals surface area (Å²) in [5, 5.41) is 7.99. The summed E-state index contributed by atoms with van der Waals surface area (Å²) >= 11 is 0. The van der Waals surface area contributed by atoms with Gasteiger partial charge in [-0.2, -0.15) is 10.2 Å². The molecule has 6 nitrogen and oxygen atoms in total. The van der Waals surface area contributed by atoms with Crippen LogP contribution in [0.2, 0.25) is 0 Å². The molecule has 0 fully saturated rings. The second-order valence-electron chi connectivity index (χ2n) is 3.40. The van der Waals surface area contributed by atoms with E-state index >= 15 is 0 Å². The number of nitrogens with two attached hydrogens (primary N) is 2. The minimum atomic E-state index is -1.08. The summed E-state index contributed by atoms with van der Waals surface area (Å²) < 4.78 is 0. The summed E-state index contributed by atoms with van der Waals surface area (Å²) in [6.07, 6.45) is 7.60. The molecule has 6 heteroatoms. The molecular weight excluding hydrogens is 204 g/mol. The molecule has 4 N–H and O–H groups in total. The van der Waals surface area contributed by atoms with Gasteiger partial charge in [0.2, 0.25) is 0 Å². The van der Waals surface area contributed by atoms with Crippen LogP contribution in [-0.4, -0.2) is 23.0 Å². The van der Waals surface area contributed by atoms with Crippen LogP contribution in [0.3, 0.4) is 0 Å². The van der Waals surface area contributed by atoms with E-state index in [1.54, 1.807) is 42.9 Å². The smallest absolute Gasteiger partial charge is 0.184 e. The van der Waals surface area contributed by atoms with E-state index < -0.39 is 11.8 Å². The molecule has 2 atom stereocenters. The van der Waals surface area contributed by atoms with Gasteiger partial charge in [-0.05, 0) is 24.3 Å². The van der Waals surface area contributed by atoms with Gasteiger partial charge in [-0.1, -0.05) is 0 Å². The highest BCUT2D eigenvalue weighted by molar-refractivity contribution is 5.73. The zero-order chi connectivity index (χ0) is 11.4. The van der Waals surface area contributed by atoms with Gasteiger partial charge < -0.3 is 5.73 Å². The normalized spacial score (nSPS) is 28.8. The molecular formula is C10H12N6. The molecule has 0 saturated carbocycles. The summed E-state index contributed by atoms with van der Waals surface area (Å²) in [6.45, 7) is 0. The average molecular weight is 216 g/mol. The van der Waals surface area contributed by atoms with E-state index in [4.69, 9.17) is 11.5 Å². The van der Waals surface area contributed by atoms with Crippen LogP contribution in [-0.2, 0) is 0 Å². The molecule has 1 aromatic rings. The highest BCUT2D eigenvalue weighted by Gasteiger charge is 2.30. The number of aliphatic imine (C=N–C) groups is 1. The van der Waals surface area contributed by atoms with E-state index in [0.29, 0.717) is 5.69 Å². The van der Waals surface area contributed by atoms with Crippen molar-refractivity contribution in [3.8, 4) is 0 Å². The van der Waals surface area contributed by atoms with Crippen molar-refractivity contribution in [1.82, 2.24) is 4.98 Å². The number of hydrogen-bond acceptors (Lipinski definition) is 6. The molecule has 0 spiro atoms. The second-order valence-corrected chi connectivity index (χ2v) is 3.40. The van der Waals surface area contributed by atoms with Crippen molar-refractivity contribution in [3.63, 3.8) is 0 Å². The SMILES string of the molecule is NC1N=CC=CC1(N)/N=N/c1cccnc1. The number of azo groups is 1. The third-order valence-corrected chi connectivity index (χ3v) is 2.15. The first kappa shape index (κ1) is 10.6. The van der Waals surface area contributed by atoms with E-state index in [9.17, 15) is 0 Å². The molecule has 0 amide bonds. The summed E-state index contributed by atoms with van der Waals surface area (Å²) in [5.41, 5.74) is 11.2. The molecule has 2 rings (SSSR count). The molecule has 1 aliphatic heterocycles. The summed E-state index contributed by atoms with van der Waals surface area (Å²) in [7, 11) is 0. The predicted octanol–water partition coefficient (Wildman–Crippen LogP) is 0.746. The number of pyridine rings is 1. The van der Waals surface area contributed by atoms with Crippen LogP contribution in [0.1, 0.15) is 0 Å². The quantitative estimate of drug-likeness (QED) is 0.713. The Bertz CT molecular complexity index is 438. The van der Waals surface area contributed by atoms with Crippen molar-refractivity contribution in [2.24, 2.45) is 26.7 Å². The van der Waals surface area contributed by atoms with Gasteiger partial charge in [0.15, 0.2) is 5.66 Å². The highest BCUT2D eigenvalue weighted by atomic mass is 15.3. The van der Waals surface area contributed by atoms with E-state index in [-0.39, 0.29) is 0 Å². The fourth-order valence-corrected chi connectivity index (χ4v) is 1.21. The zero-order valence-electron chi connectivity index (χ0n) is 8.56. The van der Waals surface area contributed by atoms with Crippen LogP contribution in [0.15, 0.2) is 51.9 Å². The maximum atomic E-state index is 5.94. The molecule has 0 radical (unpaired) electrons. The van der Waals surface area contributed by atoms with E-state index in [2.05, 4.69) is 20.2 Å². The summed E-state index contributed by atoms with van der Waals surface area (Å²) in [6, 6.07) is 3.55. The lowest BCUT2D eigenvalue weighted by Gasteiger charge is -2.25. The number of dihydropyridines is 1. The van der Waals surface area contributed by atoms with Gasteiger partial charge in [-0.25, -0.2) is 0 Å². The van der Waals surface area contributed by atoms with Crippen LogP contribution in [0, 0.1) is 0 Å². The third-order valence-electron chi connectivity index (χ3n) is 2.15. The Morgan fingerprint density at radius 3 is 3.00 bits per heavy atom. The minimum Gasteiger partial charge on any atom is -0.306 e. The Morgan fingerprint density at radius 1 is 1.44 bits per heavy atom. The van der Waals surface area contributed by atoms with Crippen molar-refractivity contribution < 1.29 is 0 Å². The molecule has 1 aliphatic rings. The standard InChI is InChI=1S/C10H12N6/c11-9-10(12,4-2-6-14-9)16-15-8-3-1-5-13-7-8/h1-7,9H,11-12H2/b16-15+.